The number of hydrogen-bond acceptors (Lipinski definition) is 2. The molecule has 1 N–H and O–H groups in total. The first-order valence-electron chi connectivity index (χ1n) is 6.58. The zero-order valence-electron chi connectivity index (χ0n) is 10.1. The lowest BCUT2D eigenvalue weighted by Crippen LogP contribution is -2.47. The van der Waals surface area contributed by atoms with Crippen LogP contribution in [0.25, 0.3) is 0 Å². The third-order valence-corrected chi connectivity index (χ3v) is 3.94. The molecule has 0 spiro atoms. The molecule has 100 valence electrons. The Kier molecular flexibility index (Phi) is 4.31. The molecule has 0 saturated carbocycles. The Hall–Kier alpha value is -0.290. The van der Waals surface area contributed by atoms with Crippen LogP contribution in [0.5, 0.6) is 0 Å². The highest BCUT2D eigenvalue weighted by atomic mass is 19.4. The average molecular weight is 250 g/mol. The Balaban J connectivity index is 1.71. The normalized spacial score (nSPS) is 29.5. The van der Waals surface area contributed by atoms with E-state index in [4.69, 9.17) is 0 Å². The van der Waals surface area contributed by atoms with Gasteiger partial charge in [-0.05, 0) is 45.3 Å². The molecular weight excluding hydrogens is 229 g/mol. The first-order chi connectivity index (χ1) is 8.05. The molecular formula is C12H21F3N2. The maximum atomic E-state index is 12.5. The van der Waals surface area contributed by atoms with Crippen molar-refractivity contribution in [2.75, 3.05) is 26.2 Å². The van der Waals surface area contributed by atoms with E-state index in [0.29, 0.717) is 19.1 Å². The second kappa shape index (κ2) is 5.57. The summed E-state index contributed by atoms with van der Waals surface area (Å²) in [5, 5.41) is 3.44. The second-order valence-electron chi connectivity index (χ2n) is 5.26. The number of nitrogens with one attached hydrogen (secondary N) is 1. The quantitative estimate of drug-likeness (QED) is 0.809. The van der Waals surface area contributed by atoms with Crippen molar-refractivity contribution in [3.05, 3.63) is 0 Å². The van der Waals surface area contributed by atoms with Gasteiger partial charge < -0.3 is 10.2 Å². The number of likely N-dealkylation sites (tertiary alicyclic amines) is 1. The van der Waals surface area contributed by atoms with Crippen LogP contribution in [-0.4, -0.2) is 43.3 Å². The lowest BCUT2D eigenvalue weighted by Gasteiger charge is -2.36. The van der Waals surface area contributed by atoms with Crippen molar-refractivity contribution < 1.29 is 13.2 Å². The maximum Gasteiger partial charge on any atom is 0.391 e. The summed E-state index contributed by atoms with van der Waals surface area (Å²) >= 11 is 0. The van der Waals surface area contributed by atoms with Crippen LogP contribution in [0.1, 0.15) is 32.1 Å². The number of halogens is 3. The van der Waals surface area contributed by atoms with Gasteiger partial charge in [0, 0.05) is 12.6 Å². The van der Waals surface area contributed by atoms with Crippen LogP contribution in [-0.2, 0) is 0 Å². The molecule has 2 nitrogen and oxygen atoms in total. The second-order valence-corrected chi connectivity index (χ2v) is 5.26. The van der Waals surface area contributed by atoms with E-state index in [2.05, 4.69) is 10.2 Å². The largest absolute Gasteiger partial charge is 0.391 e. The third-order valence-electron chi connectivity index (χ3n) is 3.94. The minimum absolute atomic E-state index is 0.274. The van der Waals surface area contributed by atoms with Gasteiger partial charge in [0.15, 0.2) is 0 Å². The maximum absolute atomic E-state index is 12.5. The average Bonchev–Trinajstić information content (AvgIpc) is 2.30. The molecule has 0 aromatic heterocycles. The van der Waals surface area contributed by atoms with E-state index < -0.39 is 12.1 Å². The molecule has 1 atom stereocenters. The predicted octanol–water partition coefficient (Wildman–Crippen LogP) is 2.40. The van der Waals surface area contributed by atoms with Crippen molar-refractivity contribution in [1.29, 1.82) is 0 Å². The van der Waals surface area contributed by atoms with Crippen molar-refractivity contribution in [3.8, 4) is 0 Å². The van der Waals surface area contributed by atoms with Gasteiger partial charge in [0.25, 0.3) is 0 Å². The van der Waals surface area contributed by atoms with Crippen LogP contribution in [0.2, 0.25) is 0 Å². The van der Waals surface area contributed by atoms with Crippen LogP contribution in [0.3, 0.4) is 0 Å². The molecule has 2 aliphatic rings. The summed E-state index contributed by atoms with van der Waals surface area (Å²) in [5.41, 5.74) is 0. The van der Waals surface area contributed by atoms with Gasteiger partial charge in [-0.3, -0.25) is 0 Å². The fourth-order valence-electron chi connectivity index (χ4n) is 2.83. The van der Waals surface area contributed by atoms with Crippen LogP contribution < -0.4 is 5.32 Å². The Morgan fingerprint density at radius 2 is 1.76 bits per heavy atom. The molecule has 2 rings (SSSR count). The smallest absolute Gasteiger partial charge is 0.313 e. The topological polar surface area (TPSA) is 15.3 Å². The van der Waals surface area contributed by atoms with Crippen LogP contribution >= 0.6 is 0 Å². The molecule has 1 unspecified atom stereocenters. The van der Waals surface area contributed by atoms with E-state index in [1.165, 1.54) is 19.3 Å². The Bertz CT molecular complexity index is 228. The fourth-order valence-corrected chi connectivity index (χ4v) is 2.83. The summed E-state index contributed by atoms with van der Waals surface area (Å²) < 4.78 is 37.5. The molecule has 0 amide bonds. The first kappa shape index (κ1) is 13.1. The Morgan fingerprint density at radius 3 is 2.29 bits per heavy atom. The molecule has 2 heterocycles. The van der Waals surface area contributed by atoms with Crippen LogP contribution in [0.15, 0.2) is 0 Å². The molecule has 17 heavy (non-hydrogen) atoms. The van der Waals surface area contributed by atoms with Gasteiger partial charge in [-0.2, -0.15) is 13.2 Å². The molecule has 0 aromatic rings. The number of hydrogen-bond donors (Lipinski definition) is 1. The van der Waals surface area contributed by atoms with Gasteiger partial charge in [0.05, 0.1) is 5.92 Å². The highest BCUT2D eigenvalue weighted by Crippen LogP contribution is 2.34. The van der Waals surface area contributed by atoms with Gasteiger partial charge in [0.2, 0.25) is 0 Å². The van der Waals surface area contributed by atoms with Crippen LogP contribution in [0, 0.1) is 5.92 Å². The van der Waals surface area contributed by atoms with E-state index in [1.54, 1.807) is 0 Å². The molecule has 2 fully saturated rings. The summed E-state index contributed by atoms with van der Waals surface area (Å²) in [5.74, 6) is -1.07. The molecule has 5 heteroatoms. The highest BCUT2D eigenvalue weighted by molar-refractivity contribution is 4.81. The minimum atomic E-state index is -3.99. The van der Waals surface area contributed by atoms with Crippen molar-refractivity contribution in [1.82, 2.24) is 10.2 Å². The summed E-state index contributed by atoms with van der Waals surface area (Å²) in [6.07, 6.45) is 0.199. The molecule has 2 saturated heterocycles. The zero-order chi connectivity index (χ0) is 12.3. The zero-order valence-corrected chi connectivity index (χ0v) is 10.1. The van der Waals surface area contributed by atoms with Gasteiger partial charge in [-0.1, -0.05) is 6.42 Å². The van der Waals surface area contributed by atoms with E-state index >= 15 is 0 Å². The summed E-state index contributed by atoms with van der Waals surface area (Å²) in [7, 11) is 0. The number of nitrogens with zero attached hydrogens (tertiary/aromatic N) is 1. The van der Waals surface area contributed by atoms with Crippen LogP contribution in [0.4, 0.5) is 13.2 Å². The van der Waals surface area contributed by atoms with E-state index in [-0.39, 0.29) is 12.8 Å². The number of rotatable bonds is 2. The van der Waals surface area contributed by atoms with Gasteiger partial charge in [0.1, 0.15) is 0 Å². The summed E-state index contributed by atoms with van der Waals surface area (Å²) in [4.78, 5) is 2.19. The third kappa shape index (κ3) is 3.85. The van der Waals surface area contributed by atoms with Crippen molar-refractivity contribution >= 4 is 0 Å². The number of alkyl halides is 3. The summed E-state index contributed by atoms with van der Waals surface area (Å²) in [6.45, 7) is 3.18. The first-order valence-corrected chi connectivity index (χ1v) is 6.58. The predicted molar refractivity (Wildman–Crippen MR) is 60.9 cm³/mol. The minimum Gasteiger partial charge on any atom is -0.313 e. The molecule has 0 aromatic carbocycles. The molecule has 0 radical (unpaired) electrons. The van der Waals surface area contributed by atoms with E-state index in [0.717, 1.165) is 13.1 Å². The van der Waals surface area contributed by atoms with Crippen molar-refractivity contribution in [2.45, 2.75) is 44.3 Å². The Labute approximate surface area is 101 Å². The standard InChI is InChI=1S/C12H21F3N2/c13-12(14,15)10-4-7-17(8-5-10)9-11-3-1-2-6-16-11/h10-11,16H,1-9H2. The van der Waals surface area contributed by atoms with E-state index in [9.17, 15) is 13.2 Å². The lowest BCUT2D eigenvalue weighted by atomic mass is 9.95. The lowest BCUT2D eigenvalue weighted by molar-refractivity contribution is -0.185. The summed E-state index contributed by atoms with van der Waals surface area (Å²) in [6, 6.07) is 0.492. The fraction of sp³-hybridized carbons (Fsp3) is 1.00. The molecule has 2 aliphatic heterocycles. The number of piperidine rings is 2. The molecule has 0 aliphatic carbocycles. The van der Waals surface area contributed by atoms with Crippen molar-refractivity contribution in [2.24, 2.45) is 5.92 Å². The highest BCUT2D eigenvalue weighted by Gasteiger charge is 2.41. The van der Waals surface area contributed by atoms with Gasteiger partial charge in [-0.15, -0.1) is 0 Å². The van der Waals surface area contributed by atoms with E-state index in [1.807, 2.05) is 0 Å². The molecule has 0 bridgehead atoms. The monoisotopic (exact) mass is 250 g/mol. The SMILES string of the molecule is FC(F)(F)C1CCN(CC2CCCCN2)CC1. The van der Waals surface area contributed by atoms with Gasteiger partial charge >= 0.3 is 6.18 Å². The Morgan fingerprint density at radius 1 is 1.06 bits per heavy atom. The van der Waals surface area contributed by atoms with Crippen molar-refractivity contribution in [3.63, 3.8) is 0 Å². The van der Waals surface area contributed by atoms with Gasteiger partial charge in [-0.25, -0.2) is 0 Å².